The van der Waals surface area contributed by atoms with E-state index in [1.54, 1.807) is 7.11 Å². The Morgan fingerprint density at radius 2 is 1.95 bits per heavy atom. The van der Waals surface area contributed by atoms with Crippen molar-refractivity contribution in [2.24, 2.45) is 5.73 Å². The van der Waals surface area contributed by atoms with Crippen LogP contribution in [0.25, 0.3) is 0 Å². The van der Waals surface area contributed by atoms with Gasteiger partial charge in [0.25, 0.3) is 0 Å². The fourth-order valence-corrected chi connectivity index (χ4v) is 2.05. The molecule has 0 aliphatic carbocycles. The molecule has 1 rings (SSSR count). The zero-order chi connectivity index (χ0) is 14.1. The van der Waals surface area contributed by atoms with Gasteiger partial charge in [-0.05, 0) is 37.7 Å². The van der Waals surface area contributed by atoms with Gasteiger partial charge in [-0.15, -0.1) is 0 Å². The summed E-state index contributed by atoms with van der Waals surface area (Å²) in [6.45, 7) is 8.61. The Kier molecular flexibility index (Phi) is 7.30. The summed E-state index contributed by atoms with van der Waals surface area (Å²) >= 11 is 0. The summed E-state index contributed by atoms with van der Waals surface area (Å²) < 4.78 is 11.3. The van der Waals surface area contributed by atoms with E-state index in [9.17, 15) is 0 Å². The lowest BCUT2D eigenvalue weighted by Gasteiger charge is -2.20. The van der Waals surface area contributed by atoms with Crippen molar-refractivity contribution in [2.45, 2.75) is 20.3 Å². The standard InChI is InChI=1S/C15H26N2O2/c1-4-17(5-2)11-12-19-15-13(9-10-16)7-6-8-14(15)18-3/h6-8H,4-5,9-12,16H2,1-3H3. The minimum Gasteiger partial charge on any atom is -0.493 e. The number of nitrogens with two attached hydrogens (primary N) is 1. The predicted octanol–water partition coefficient (Wildman–Crippen LogP) is 1.92. The molecule has 0 spiro atoms. The van der Waals surface area contributed by atoms with Crippen LogP contribution in [0.3, 0.4) is 0 Å². The monoisotopic (exact) mass is 266 g/mol. The van der Waals surface area contributed by atoms with E-state index in [1.807, 2.05) is 18.2 Å². The Hall–Kier alpha value is -1.26. The molecule has 108 valence electrons. The van der Waals surface area contributed by atoms with E-state index in [-0.39, 0.29) is 0 Å². The van der Waals surface area contributed by atoms with Crippen LogP contribution in [0.2, 0.25) is 0 Å². The zero-order valence-corrected chi connectivity index (χ0v) is 12.3. The van der Waals surface area contributed by atoms with Crippen molar-refractivity contribution < 1.29 is 9.47 Å². The summed E-state index contributed by atoms with van der Waals surface area (Å²) in [6, 6.07) is 5.94. The van der Waals surface area contributed by atoms with Gasteiger partial charge in [-0.3, -0.25) is 0 Å². The Bertz CT molecular complexity index is 365. The maximum atomic E-state index is 5.92. The average Bonchev–Trinajstić information content (AvgIpc) is 2.45. The molecular weight excluding hydrogens is 240 g/mol. The molecule has 0 aliphatic heterocycles. The highest BCUT2D eigenvalue weighted by atomic mass is 16.5. The number of hydrogen-bond donors (Lipinski definition) is 1. The van der Waals surface area contributed by atoms with E-state index in [0.29, 0.717) is 13.2 Å². The molecule has 1 aromatic carbocycles. The molecule has 0 fully saturated rings. The maximum absolute atomic E-state index is 5.92. The van der Waals surface area contributed by atoms with E-state index < -0.39 is 0 Å². The normalized spacial score (nSPS) is 10.8. The lowest BCUT2D eigenvalue weighted by Crippen LogP contribution is -2.28. The molecule has 0 aliphatic rings. The van der Waals surface area contributed by atoms with Crippen LogP contribution in [-0.4, -0.2) is 44.8 Å². The Labute approximate surface area is 116 Å². The minimum atomic E-state index is 0.611. The smallest absolute Gasteiger partial charge is 0.164 e. The van der Waals surface area contributed by atoms with Gasteiger partial charge in [-0.1, -0.05) is 26.0 Å². The molecule has 4 heteroatoms. The second-order valence-electron chi connectivity index (χ2n) is 4.36. The first-order valence-corrected chi connectivity index (χ1v) is 6.97. The van der Waals surface area contributed by atoms with E-state index in [2.05, 4.69) is 18.7 Å². The lowest BCUT2D eigenvalue weighted by molar-refractivity contribution is 0.216. The number of methoxy groups -OCH3 is 1. The van der Waals surface area contributed by atoms with Crippen molar-refractivity contribution in [2.75, 3.05) is 39.9 Å². The number of ether oxygens (including phenoxy) is 2. The Balaban J connectivity index is 2.69. The Morgan fingerprint density at radius 1 is 1.21 bits per heavy atom. The summed E-state index contributed by atoms with van der Waals surface area (Å²) in [5, 5.41) is 0. The number of rotatable bonds is 9. The molecule has 0 unspecified atom stereocenters. The summed E-state index contributed by atoms with van der Waals surface area (Å²) in [4.78, 5) is 2.33. The number of nitrogens with zero attached hydrogens (tertiary/aromatic N) is 1. The third-order valence-electron chi connectivity index (χ3n) is 3.24. The van der Waals surface area contributed by atoms with Gasteiger partial charge in [0.1, 0.15) is 6.61 Å². The lowest BCUT2D eigenvalue weighted by atomic mass is 10.1. The number of likely N-dealkylation sites (N-methyl/N-ethyl adjacent to an activating group) is 1. The first-order chi connectivity index (χ1) is 9.26. The molecule has 4 nitrogen and oxygen atoms in total. The quantitative estimate of drug-likeness (QED) is 0.742. The van der Waals surface area contributed by atoms with Gasteiger partial charge < -0.3 is 20.1 Å². The molecule has 0 radical (unpaired) electrons. The van der Waals surface area contributed by atoms with Crippen LogP contribution in [0.5, 0.6) is 11.5 Å². The fraction of sp³-hybridized carbons (Fsp3) is 0.600. The SMILES string of the molecule is CCN(CC)CCOc1c(CCN)cccc1OC. The molecule has 0 heterocycles. The van der Waals surface area contributed by atoms with Crippen molar-refractivity contribution in [1.82, 2.24) is 4.90 Å². The second kappa shape index (κ2) is 8.77. The van der Waals surface area contributed by atoms with E-state index in [1.165, 1.54) is 0 Å². The third kappa shape index (κ3) is 4.73. The van der Waals surface area contributed by atoms with Crippen LogP contribution < -0.4 is 15.2 Å². The second-order valence-corrected chi connectivity index (χ2v) is 4.36. The van der Waals surface area contributed by atoms with Gasteiger partial charge >= 0.3 is 0 Å². The van der Waals surface area contributed by atoms with Gasteiger partial charge in [0, 0.05) is 6.54 Å². The minimum absolute atomic E-state index is 0.611. The van der Waals surface area contributed by atoms with Crippen molar-refractivity contribution in [3.63, 3.8) is 0 Å². The number of hydrogen-bond acceptors (Lipinski definition) is 4. The van der Waals surface area contributed by atoms with Crippen LogP contribution in [0.15, 0.2) is 18.2 Å². The predicted molar refractivity (Wildman–Crippen MR) is 79.0 cm³/mol. The third-order valence-corrected chi connectivity index (χ3v) is 3.24. The van der Waals surface area contributed by atoms with Crippen LogP contribution in [0.4, 0.5) is 0 Å². The summed E-state index contributed by atoms with van der Waals surface area (Å²) in [6.07, 6.45) is 0.803. The summed E-state index contributed by atoms with van der Waals surface area (Å²) in [5.41, 5.74) is 6.75. The van der Waals surface area contributed by atoms with Crippen LogP contribution in [0.1, 0.15) is 19.4 Å². The molecule has 0 bridgehead atoms. The van der Waals surface area contributed by atoms with E-state index >= 15 is 0 Å². The van der Waals surface area contributed by atoms with Crippen LogP contribution in [-0.2, 0) is 6.42 Å². The Morgan fingerprint density at radius 3 is 2.53 bits per heavy atom. The molecule has 0 amide bonds. The number of para-hydroxylation sites is 1. The van der Waals surface area contributed by atoms with Gasteiger partial charge in [0.2, 0.25) is 0 Å². The maximum Gasteiger partial charge on any atom is 0.164 e. The van der Waals surface area contributed by atoms with E-state index in [4.69, 9.17) is 15.2 Å². The summed E-state index contributed by atoms with van der Waals surface area (Å²) in [7, 11) is 1.67. The van der Waals surface area contributed by atoms with Crippen molar-refractivity contribution in [3.05, 3.63) is 23.8 Å². The van der Waals surface area contributed by atoms with Gasteiger partial charge in [-0.2, -0.15) is 0 Å². The highest BCUT2D eigenvalue weighted by molar-refractivity contribution is 5.46. The van der Waals surface area contributed by atoms with E-state index in [0.717, 1.165) is 43.1 Å². The largest absolute Gasteiger partial charge is 0.493 e. The first kappa shape index (κ1) is 15.8. The van der Waals surface area contributed by atoms with Crippen molar-refractivity contribution in [1.29, 1.82) is 0 Å². The number of benzene rings is 1. The van der Waals surface area contributed by atoms with Gasteiger partial charge in [0.15, 0.2) is 11.5 Å². The zero-order valence-electron chi connectivity index (χ0n) is 12.3. The van der Waals surface area contributed by atoms with Crippen molar-refractivity contribution in [3.8, 4) is 11.5 Å². The van der Waals surface area contributed by atoms with Gasteiger partial charge in [0.05, 0.1) is 7.11 Å². The van der Waals surface area contributed by atoms with Crippen LogP contribution >= 0.6 is 0 Å². The molecule has 1 aromatic rings. The summed E-state index contributed by atoms with van der Waals surface area (Å²) in [5.74, 6) is 1.62. The molecule has 0 atom stereocenters. The molecule has 0 aromatic heterocycles. The molecule has 2 N–H and O–H groups in total. The molecule has 0 saturated heterocycles. The first-order valence-electron chi connectivity index (χ1n) is 6.97. The molecular formula is C15H26N2O2. The molecule has 0 saturated carbocycles. The highest BCUT2D eigenvalue weighted by Gasteiger charge is 2.10. The van der Waals surface area contributed by atoms with Crippen LogP contribution in [0, 0.1) is 0 Å². The van der Waals surface area contributed by atoms with Gasteiger partial charge in [-0.25, -0.2) is 0 Å². The average molecular weight is 266 g/mol. The highest BCUT2D eigenvalue weighted by Crippen LogP contribution is 2.31. The molecule has 19 heavy (non-hydrogen) atoms. The topological polar surface area (TPSA) is 47.7 Å². The fourth-order valence-electron chi connectivity index (χ4n) is 2.05. The van der Waals surface area contributed by atoms with Crippen molar-refractivity contribution >= 4 is 0 Å².